The van der Waals surface area contributed by atoms with Gasteiger partial charge in [0.1, 0.15) is 5.75 Å². The van der Waals surface area contributed by atoms with Gasteiger partial charge in [-0.15, -0.1) is 11.6 Å². The summed E-state index contributed by atoms with van der Waals surface area (Å²) < 4.78 is 41.7. The van der Waals surface area contributed by atoms with Gasteiger partial charge in [-0.1, -0.05) is 49.2 Å². The fourth-order valence-electron chi connectivity index (χ4n) is 3.16. The third kappa shape index (κ3) is 6.79. The predicted octanol–water partition coefficient (Wildman–Crippen LogP) is 6.16. The summed E-state index contributed by atoms with van der Waals surface area (Å²) >= 11 is 18.6. The summed E-state index contributed by atoms with van der Waals surface area (Å²) in [5, 5.41) is 0.873. The first-order valence-corrected chi connectivity index (χ1v) is 13.5. The van der Waals surface area contributed by atoms with Crippen LogP contribution in [0.1, 0.15) is 37.2 Å². The van der Waals surface area contributed by atoms with Crippen molar-refractivity contribution in [2.24, 2.45) is 0 Å². The Bertz CT molecular complexity index is 1200. The van der Waals surface area contributed by atoms with Crippen LogP contribution in [-0.4, -0.2) is 32.1 Å². The lowest BCUT2D eigenvalue weighted by Crippen LogP contribution is -2.21. The molecule has 0 saturated heterocycles. The van der Waals surface area contributed by atoms with Crippen molar-refractivity contribution in [2.75, 3.05) is 18.7 Å². The molecular weight excluding hydrogens is 523 g/mol. The molecule has 0 spiro atoms. The fourth-order valence-corrected chi connectivity index (χ4v) is 4.26. The van der Waals surface area contributed by atoms with Gasteiger partial charge in [0.2, 0.25) is 10.0 Å². The van der Waals surface area contributed by atoms with Crippen molar-refractivity contribution < 1.29 is 22.3 Å². The van der Waals surface area contributed by atoms with Gasteiger partial charge < -0.3 is 13.9 Å². The quantitative estimate of drug-likeness (QED) is 0.228. The van der Waals surface area contributed by atoms with Gasteiger partial charge >= 0.3 is 0 Å². The van der Waals surface area contributed by atoms with Gasteiger partial charge in [-0.25, -0.2) is 13.1 Å². The highest BCUT2D eigenvalue weighted by molar-refractivity contribution is 7.88. The first-order valence-electron chi connectivity index (χ1n) is 10.3. The van der Waals surface area contributed by atoms with Crippen molar-refractivity contribution >= 4 is 44.8 Å². The van der Waals surface area contributed by atoms with Gasteiger partial charge in [0.25, 0.3) is 5.88 Å². The van der Waals surface area contributed by atoms with Gasteiger partial charge in [0.05, 0.1) is 29.5 Å². The lowest BCUT2D eigenvalue weighted by Gasteiger charge is -2.27. The molecule has 0 atom stereocenters. The van der Waals surface area contributed by atoms with E-state index in [9.17, 15) is 8.42 Å². The Labute approximate surface area is 214 Å². The number of benzene rings is 2. The first-order chi connectivity index (χ1) is 16.0. The van der Waals surface area contributed by atoms with Gasteiger partial charge in [0.15, 0.2) is 17.9 Å². The number of nitrogens with zero attached hydrogens (tertiary/aromatic N) is 1. The molecule has 2 aromatic carbocycles. The number of alkyl halides is 1. The first kappa shape index (κ1) is 26.6. The van der Waals surface area contributed by atoms with Crippen molar-refractivity contribution in [3.8, 4) is 17.4 Å². The molecule has 0 aliphatic heterocycles. The second kappa shape index (κ2) is 11.2. The number of aromatic nitrogens is 1. The van der Waals surface area contributed by atoms with Gasteiger partial charge in [-0.3, -0.25) is 0 Å². The van der Waals surface area contributed by atoms with Crippen molar-refractivity contribution in [1.82, 2.24) is 9.71 Å². The summed E-state index contributed by atoms with van der Waals surface area (Å²) in [6, 6.07) is 11.2. The Morgan fingerprint density at radius 1 is 1.09 bits per heavy atom. The van der Waals surface area contributed by atoms with Gasteiger partial charge in [-0.2, -0.15) is 4.98 Å². The minimum Gasteiger partial charge on any atom is -0.490 e. The highest BCUT2D eigenvalue weighted by Gasteiger charge is 2.26. The fraction of sp³-hybridized carbons (Fsp3) is 0.348. The number of rotatable bonds is 11. The third-order valence-electron chi connectivity index (χ3n) is 5.13. The van der Waals surface area contributed by atoms with E-state index < -0.39 is 15.4 Å². The maximum atomic E-state index is 11.3. The molecule has 3 aromatic rings. The third-order valence-corrected chi connectivity index (χ3v) is 6.63. The molecule has 0 amide bonds. The maximum absolute atomic E-state index is 11.3. The zero-order valence-electron chi connectivity index (χ0n) is 18.9. The average Bonchev–Trinajstić information content (AvgIpc) is 3.21. The Balaban J connectivity index is 1.76. The van der Waals surface area contributed by atoms with E-state index in [1.54, 1.807) is 12.1 Å². The normalized spacial score (nSPS) is 12.1. The smallest absolute Gasteiger partial charge is 0.263 e. The molecule has 34 heavy (non-hydrogen) atoms. The van der Waals surface area contributed by atoms with Crippen LogP contribution in [0.25, 0.3) is 0 Å². The molecule has 7 nitrogen and oxygen atoms in total. The number of hydrogen-bond donors (Lipinski definition) is 1. The zero-order valence-corrected chi connectivity index (χ0v) is 22.0. The molecule has 184 valence electrons. The van der Waals surface area contributed by atoms with E-state index in [4.69, 9.17) is 48.7 Å². The average molecular weight is 548 g/mol. The molecule has 0 fully saturated rings. The van der Waals surface area contributed by atoms with Crippen molar-refractivity contribution in [3.05, 3.63) is 69.7 Å². The maximum Gasteiger partial charge on any atom is 0.263 e. The van der Waals surface area contributed by atoms with E-state index in [1.165, 1.54) is 6.39 Å². The summed E-state index contributed by atoms with van der Waals surface area (Å²) in [5.41, 5.74) is 1.51. The Kier molecular flexibility index (Phi) is 8.76. The standard InChI is InChI=1S/C23H25Cl3N2O5S/c1-23(2,16-11-18(25)21(19(26)12-16)31-10-4-9-24)15-5-7-17(8-6-15)33-22-20(32-14-27-22)13-28-34(3,29)30/h5-8,11-12,14,28H,4,9-10,13H2,1-3H3. The van der Waals surface area contributed by atoms with E-state index in [0.29, 0.717) is 40.5 Å². The second-order valence-corrected chi connectivity index (χ2v) is 11.1. The number of halogens is 3. The van der Waals surface area contributed by atoms with Gasteiger partial charge in [-0.05, 0) is 41.8 Å². The SMILES string of the molecule is CC(C)(c1ccc(Oc2ncoc2CNS(C)(=O)=O)cc1)c1cc(Cl)c(OCCCCl)c(Cl)c1. The molecule has 0 unspecified atom stereocenters. The molecular formula is C23H25Cl3N2O5S. The number of nitrogens with one attached hydrogen (secondary N) is 1. The summed E-state index contributed by atoms with van der Waals surface area (Å²) in [6.07, 6.45) is 2.95. The zero-order chi connectivity index (χ0) is 24.9. The van der Waals surface area contributed by atoms with Crippen LogP contribution >= 0.6 is 34.8 Å². The molecule has 0 aliphatic rings. The summed E-state index contributed by atoms with van der Waals surface area (Å²) in [6.45, 7) is 4.49. The molecule has 0 bridgehead atoms. The second-order valence-electron chi connectivity index (χ2n) is 8.09. The van der Waals surface area contributed by atoms with Gasteiger partial charge in [0, 0.05) is 11.3 Å². The van der Waals surface area contributed by atoms with Crippen LogP contribution < -0.4 is 14.2 Å². The lowest BCUT2D eigenvalue weighted by atomic mass is 9.78. The summed E-state index contributed by atoms with van der Waals surface area (Å²) in [5.74, 6) is 1.92. The van der Waals surface area contributed by atoms with Crippen LogP contribution in [0.15, 0.2) is 47.2 Å². The molecule has 3 rings (SSSR count). The molecule has 1 heterocycles. The summed E-state index contributed by atoms with van der Waals surface area (Å²) in [7, 11) is -3.38. The molecule has 0 radical (unpaired) electrons. The van der Waals surface area contributed by atoms with Crippen molar-refractivity contribution in [2.45, 2.75) is 32.2 Å². The van der Waals surface area contributed by atoms with E-state index in [-0.39, 0.29) is 18.2 Å². The molecule has 0 saturated carbocycles. The van der Waals surface area contributed by atoms with Crippen LogP contribution in [0.5, 0.6) is 17.4 Å². The molecule has 1 aromatic heterocycles. The Morgan fingerprint density at radius 3 is 2.32 bits per heavy atom. The monoisotopic (exact) mass is 546 g/mol. The van der Waals surface area contributed by atoms with E-state index in [2.05, 4.69) is 23.6 Å². The Morgan fingerprint density at radius 2 is 1.74 bits per heavy atom. The van der Waals surface area contributed by atoms with Crippen molar-refractivity contribution in [3.63, 3.8) is 0 Å². The highest BCUT2D eigenvalue weighted by Crippen LogP contribution is 2.41. The highest BCUT2D eigenvalue weighted by atomic mass is 35.5. The minimum absolute atomic E-state index is 0.0631. The van der Waals surface area contributed by atoms with E-state index >= 15 is 0 Å². The molecule has 0 aliphatic carbocycles. The summed E-state index contributed by atoms with van der Waals surface area (Å²) in [4.78, 5) is 4.01. The lowest BCUT2D eigenvalue weighted by molar-refractivity contribution is 0.318. The topological polar surface area (TPSA) is 90.7 Å². The van der Waals surface area contributed by atoms with Crippen LogP contribution in [0.4, 0.5) is 0 Å². The molecule has 11 heteroatoms. The van der Waals surface area contributed by atoms with Crippen LogP contribution in [0.2, 0.25) is 10.0 Å². The van der Waals surface area contributed by atoms with Crippen LogP contribution in [0.3, 0.4) is 0 Å². The number of hydrogen-bond acceptors (Lipinski definition) is 6. The van der Waals surface area contributed by atoms with E-state index in [1.807, 2.05) is 24.3 Å². The predicted molar refractivity (Wildman–Crippen MR) is 134 cm³/mol. The van der Waals surface area contributed by atoms with E-state index in [0.717, 1.165) is 17.4 Å². The molecule has 1 N–H and O–H groups in total. The van der Waals surface area contributed by atoms with Crippen molar-refractivity contribution in [1.29, 1.82) is 0 Å². The largest absolute Gasteiger partial charge is 0.490 e. The van der Waals surface area contributed by atoms with Crippen LogP contribution in [0, 0.1) is 0 Å². The Hall–Kier alpha value is -1.97. The van der Waals surface area contributed by atoms with Crippen LogP contribution in [-0.2, 0) is 22.0 Å². The number of ether oxygens (including phenoxy) is 2. The number of oxazole rings is 1. The minimum atomic E-state index is -3.38. The number of sulfonamides is 1.